The van der Waals surface area contributed by atoms with Crippen molar-refractivity contribution in [2.45, 2.75) is 19.8 Å². The van der Waals surface area contributed by atoms with Crippen LogP contribution in [-0.4, -0.2) is 24.7 Å². The van der Waals surface area contributed by atoms with Crippen molar-refractivity contribution in [1.82, 2.24) is 0 Å². The number of aromatic hydroxyl groups is 1. The van der Waals surface area contributed by atoms with Crippen LogP contribution in [0.15, 0.2) is 72.5 Å². The molecule has 0 heterocycles. The van der Waals surface area contributed by atoms with Crippen LogP contribution in [0, 0.1) is 5.92 Å². The van der Waals surface area contributed by atoms with Gasteiger partial charge in [-0.05, 0) is 55.2 Å². The van der Waals surface area contributed by atoms with Crippen molar-refractivity contribution in [2.24, 2.45) is 5.92 Å². The van der Waals surface area contributed by atoms with E-state index in [0.29, 0.717) is 18.1 Å². The molecule has 4 nitrogen and oxygen atoms in total. The first-order valence-electron chi connectivity index (χ1n) is 9.22. The molecule has 140 valence electrons. The molecule has 0 atom stereocenters. The van der Waals surface area contributed by atoms with Crippen LogP contribution in [0.4, 0.5) is 5.69 Å². The molecule has 0 amide bonds. The number of phenols is 1. The molecule has 1 saturated carbocycles. The molecule has 0 spiro atoms. The summed E-state index contributed by atoms with van der Waals surface area (Å²) in [6.45, 7) is 5.97. The Morgan fingerprint density at radius 3 is 2.48 bits per heavy atom. The van der Waals surface area contributed by atoms with E-state index in [-0.39, 0.29) is 11.7 Å². The lowest BCUT2D eigenvalue weighted by Crippen LogP contribution is -2.23. The van der Waals surface area contributed by atoms with Gasteiger partial charge in [-0.3, -0.25) is 0 Å². The molecule has 0 radical (unpaired) electrons. The molecule has 1 fully saturated rings. The number of hydrogen-bond donors (Lipinski definition) is 1. The Morgan fingerprint density at radius 1 is 1.22 bits per heavy atom. The minimum absolute atomic E-state index is 0.237. The number of ether oxygens (including phenoxy) is 1. The van der Waals surface area contributed by atoms with Crippen molar-refractivity contribution in [3.63, 3.8) is 0 Å². The number of allylic oxidation sites excluding steroid dienone is 1. The van der Waals surface area contributed by atoms with Crippen LogP contribution in [-0.2, 0) is 9.53 Å². The average molecular weight is 363 g/mol. The highest BCUT2D eigenvalue weighted by molar-refractivity contribution is 5.93. The van der Waals surface area contributed by atoms with E-state index >= 15 is 0 Å². The second kappa shape index (κ2) is 8.12. The molecule has 0 aromatic heterocycles. The van der Waals surface area contributed by atoms with E-state index in [1.807, 2.05) is 37.4 Å². The van der Waals surface area contributed by atoms with Gasteiger partial charge in [-0.25, -0.2) is 4.79 Å². The van der Waals surface area contributed by atoms with E-state index in [1.54, 1.807) is 25.1 Å². The fourth-order valence-corrected chi connectivity index (χ4v) is 3.25. The van der Waals surface area contributed by atoms with Crippen molar-refractivity contribution in [3.8, 4) is 16.9 Å². The molecule has 2 aromatic rings. The number of esters is 1. The Labute approximate surface area is 160 Å². The van der Waals surface area contributed by atoms with Crippen LogP contribution in [0.1, 0.15) is 19.8 Å². The van der Waals surface area contributed by atoms with Gasteiger partial charge < -0.3 is 14.7 Å². The number of anilines is 1. The largest absolute Gasteiger partial charge is 0.508 e. The summed E-state index contributed by atoms with van der Waals surface area (Å²) in [5.41, 5.74) is 4.40. The molecule has 1 aliphatic rings. The predicted molar refractivity (Wildman–Crippen MR) is 109 cm³/mol. The van der Waals surface area contributed by atoms with Gasteiger partial charge in [-0.15, -0.1) is 0 Å². The molecule has 4 heteroatoms. The van der Waals surface area contributed by atoms with Crippen molar-refractivity contribution in [1.29, 1.82) is 0 Å². The average Bonchev–Trinajstić information content (AvgIpc) is 3.50. The smallest absolute Gasteiger partial charge is 0.339 e. The lowest BCUT2D eigenvalue weighted by Gasteiger charge is -2.25. The maximum Gasteiger partial charge on any atom is 0.339 e. The quantitative estimate of drug-likeness (QED) is 0.431. The first kappa shape index (κ1) is 18.8. The Bertz CT molecular complexity index is 881. The molecule has 1 N–H and O–H groups in total. The third-order valence-electron chi connectivity index (χ3n) is 4.71. The van der Waals surface area contributed by atoms with Gasteiger partial charge in [-0.1, -0.05) is 36.9 Å². The molecule has 3 rings (SSSR count). The summed E-state index contributed by atoms with van der Waals surface area (Å²) in [7, 11) is 1.97. The molecule has 0 aliphatic heterocycles. The monoisotopic (exact) mass is 363 g/mol. The SMILES string of the molecule is C=C/C(C(=O)OCC)=C(/C1CC1)N(C)c1cccc(-c2cccc(O)c2)c1. The first-order chi connectivity index (χ1) is 13.0. The molecular formula is C23H25NO3. The van der Waals surface area contributed by atoms with Crippen LogP contribution >= 0.6 is 0 Å². The number of phenolic OH excluding ortho intramolecular Hbond substituents is 1. The topological polar surface area (TPSA) is 49.8 Å². The van der Waals surface area contributed by atoms with Crippen LogP contribution in [0.5, 0.6) is 5.75 Å². The Kier molecular flexibility index (Phi) is 5.65. The summed E-state index contributed by atoms with van der Waals surface area (Å²) < 4.78 is 5.22. The van der Waals surface area contributed by atoms with Crippen molar-refractivity contribution < 1.29 is 14.6 Å². The molecular weight excluding hydrogens is 338 g/mol. The van der Waals surface area contributed by atoms with E-state index in [0.717, 1.165) is 35.4 Å². The van der Waals surface area contributed by atoms with Crippen molar-refractivity contribution in [3.05, 3.63) is 72.5 Å². The zero-order valence-electron chi connectivity index (χ0n) is 15.8. The van der Waals surface area contributed by atoms with Gasteiger partial charge in [-0.2, -0.15) is 0 Å². The van der Waals surface area contributed by atoms with Crippen molar-refractivity contribution >= 4 is 11.7 Å². The number of benzene rings is 2. The summed E-state index contributed by atoms with van der Waals surface area (Å²) >= 11 is 0. The van der Waals surface area contributed by atoms with Crippen molar-refractivity contribution in [2.75, 3.05) is 18.6 Å². The Hall–Kier alpha value is -3.01. The van der Waals surface area contributed by atoms with Gasteiger partial charge in [0.2, 0.25) is 0 Å². The third-order valence-corrected chi connectivity index (χ3v) is 4.71. The van der Waals surface area contributed by atoms with E-state index < -0.39 is 0 Å². The summed E-state index contributed by atoms with van der Waals surface area (Å²) in [5.74, 6) is 0.253. The number of hydrogen-bond acceptors (Lipinski definition) is 4. The second-order valence-electron chi connectivity index (χ2n) is 6.66. The highest BCUT2D eigenvalue weighted by Gasteiger charge is 2.33. The van der Waals surface area contributed by atoms with Crippen LogP contribution in [0.3, 0.4) is 0 Å². The van der Waals surface area contributed by atoms with Crippen LogP contribution in [0.25, 0.3) is 11.1 Å². The van der Waals surface area contributed by atoms with Crippen LogP contribution < -0.4 is 4.90 Å². The fraction of sp³-hybridized carbons (Fsp3) is 0.261. The zero-order valence-corrected chi connectivity index (χ0v) is 15.8. The molecule has 27 heavy (non-hydrogen) atoms. The van der Waals surface area contributed by atoms with Gasteiger partial charge in [0.05, 0.1) is 12.2 Å². The minimum Gasteiger partial charge on any atom is -0.508 e. The molecule has 1 aliphatic carbocycles. The Balaban J connectivity index is 2.00. The van der Waals surface area contributed by atoms with Crippen LogP contribution in [0.2, 0.25) is 0 Å². The lowest BCUT2D eigenvalue weighted by atomic mass is 10.0. The highest BCUT2D eigenvalue weighted by Crippen LogP contribution is 2.42. The molecule has 2 aromatic carbocycles. The molecule has 0 bridgehead atoms. The van der Waals surface area contributed by atoms with E-state index in [1.165, 1.54) is 0 Å². The maximum absolute atomic E-state index is 12.4. The van der Waals surface area contributed by atoms with Gasteiger partial charge in [0.1, 0.15) is 5.75 Å². The number of carbonyl (C=O) groups excluding carboxylic acids is 1. The zero-order chi connectivity index (χ0) is 19.4. The van der Waals surface area contributed by atoms with Gasteiger partial charge >= 0.3 is 5.97 Å². The summed E-state index contributed by atoms with van der Waals surface area (Å²) in [5, 5.41) is 9.76. The lowest BCUT2D eigenvalue weighted by molar-refractivity contribution is -0.138. The third kappa shape index (κ3) is 4.22. The summed E-state index contributed by atoms with van der Waals surface area (Å²) in [6.07, 6.45) is 3.71. The minimum atomic E-state index is -0.328. The normalized spacial score (nSPS) is 14.3. The van der Waals surface area contributed by atoms with Gasteiger partial charge in [0.25, 0.3) is 0 Å². The second-order valence-corrected chi connectivity index (χ2v) is 6.66. The molecule has 0 unspecified atom stereocenters. The highest BCUT2D eigenvalue weighted by atomic mass is 16.5. The van der Waals surface area contributed by atoms with E-state index in [4.69, 9.17) is 4.74 Å². The number of carbonyl (C=O) groups is 1. The Morgan fingerprint density at radius 2 is 1.89 bits per heavy atom. The van der Waals surface area contributed by atoms with Gasteiger partial charge in [0, 0.05) is 24.4 Å². The summed E-state index contributed by atoms with van der Waals surface area (Å²) in [4.78, 5) is 14.5. The predicted octanol–water partition coefficient (Wildman–Crippen LogP) is 4.91. The van der Waals surface area contributed by atoms with E-state index in [9.17, 15) is 9.90 Å². The number of rotatable bonds is 7. The number of nitrogens with zero attached hydrogens (tertiary/aromatic N) is 1. The fourth-order valence-electron chi connectivity index (χ4n) is 3.25. The molecule has 0 saturated heterocycles. The van der Waals surface area contributed by atoms with Gasteiger partial charge in [0.15, 0.2) is 0 Å². The van der Waals surface area contributed by atoms with E-state index in [2.05, 4.69) is 17.5 Å². The maximum atomic E-state index is 12.4. The summed E-state index contributed by atoms with van der Waals surface area (Å²) in [6, 6.07) is 15.2. The standard InChI is InChI=1S/C23H25NO3/c1-4-21(23(26)27-5-2)22(16-12-13-16)24(3)19-10-6-8-17(14-19)18-9-7-11-20(25)15-18/h4,6-11,14-16,25H,1,5,12-13H2,2-3H3/b22-21+. The first-order valence-corrected chi connectivity index (χ1v) is 9.22.